The zero-order valence-electron chi connectivity index (χ0n) is 18.1. The molecule has 0 radical (unpaired) electrons. The van der Waals surface area contributed by atoms with Gasteiger partial charge in [-0.05, 0) is 76.4 Å². The van der Waals surface area contributed by atoms with E-state index in [9.17, 15) is 4.79 Å². The number of rotatable bonds is 11. The number of carbonyl (C=O) groups is 1. The molecule has 2 rings (SSSR count). The second-order valence-electron chi connectivity index (χ2n) is 7.71. The minimum absolute atomic E-state index is 0.202. The summed E-state index contributed by atoms with van der Waals surface area (Å²) in [5.41, 5.74) is 0. The average Bonchev–Trinajstić information content (AvgIpc) is 2.74. The van der Waals surface area contributed by atoms with Crippen molar-refractivity contribution in [1.29, 1.82) is 0 Å². The molecule has 0 saturated heterocycles. The van der Waals surface area contributed by atoms with Crippen LogP contribution >= 0.6 is 0 Å². The molecule has 1 aromatic rings. The highest BCUT2D eigenvalue weighted by atomic mass is 16.6. The van der Waals surface area contributed by atoms with Gasteiger partial charge < -0.3 is 24.0 Å². The first-order valence-corrected chi connectivity index (χ1v) is 10.5. The molecule has 0 aliphatic heterocycles. The van der Waals surface area contributed by atoms with Crippen molar-refractivity contribution in [2.24, 2.45) is 0 Å². The van der Waals surface area contributed by atoms with Crippen LogP contribution in [0.5, 0.6) is 11.5 Å². The van der Waals surface area contributed by atoms with Crippen molar-refractivity contribution < 1.29 is 19.0 Å². The highest BCUT2D eigenvalue weighted by molar-refractivity contribution is 5.70. The Morgan fingerprint density at radius 3 is 2.38 bits per heavy atom. The monoisotopic (exact) mass is 404 g/mol. The first-order valence-electron chi connectivity index (χ1n) is 10.5. The molecule has 29 heavy (non-hydrogen) atoms. The number of benzene rings is 1. The summed E-state index contributed by atoms with van der Waals surface area (Å²) in [7, 11) is 5.54. The van der Waals surface area contributed by atoms with Crippen LogP contribution in [0.4, 0.5) is 4.79 Å². The molecular weight excluding hydrogens is 368 g/mol. The van der Waals surface area contributed by atoms with E-state index in [1.807, 2.05) is 13.1 Å². The molecular formula is C23H36N2O4. The van der Waals surface area contributed by atoms with Gasteiger partial charge in [-0.3, -0.25) is 0 Å². The highest BCUT2D eigenvalue weighted by Crippen LogP contribution is 2.26. The SMILES string of the molecule is C=CCN(C)CCCCOC1CCC(N(C)C(=O)Oc2ccc(OC)cc2)CC1. The largest absolute Gasteiger partial charge is 0.497 e. The number of nitrogens with zero attached hydrogens (tertiary/aromatic N) is 2. The van der Waals surface area contributed by atoms with E-state index in [-0.39, 0.29) is 12.1 Å². The Balaban J connectivity index is 1.63. The molecule has 1 fully saturated rings. The maximum absolute atomic E-state index is 12.4. The molecule has 1 aliphatic carbocycles. The summed E-state index contributed by atoms with van der Waals surface area (Å²) in [6.07, 6.45) is 8.00. The van der Waals surface area contributed by atoms with E-state index >= 15 is 0 Å². The standard InChI is InChI=1S/C23H36N2O4/c1-5-16-24(2)17-6-7-18-28-21-10-8-19(9-11-21)25(3)23(26)29-22-14-12-20(27-4)13-15-22/h5,12-15,19,21H,1,6-11,16-18H2,2-4H3. The minimum Gasteiger partial charge on any atom is -0.497 e. The molecule has 0 aromatic heterocycles. The van der Waals surface area contributed by atoms with Gasteiger partial charge >= 0.3 is 6.09 Å². The predicted molar refractivity (Wildman–Crippen MR) is 116 cm³/mol. The van der Waals surface area contributed by atoms with Crippen LogP contribution in [-0.2, 0) is 4.74 Å². The third-order valence-corrected chi connectivity index (χ3v) is 5.47. The first kappa shape index (κ1) is 23.2. The molecule has 1 saturated carbocycles. The number of ether oxygens (including phenoxy) is 3. The fraction of sp³-hybridized carbons (Fsp3) is 0.609. The van der Waals surface area contributed by atoms with Crippen molar-refractivity contribution in [2.45, 2.75) is 50.7 Å². The number of hydrogen-bond acceptors (Lipinski definition) is 5. The molecule has 6 heteroatoms. The van der Waals surface area contributed by atoms with Crippen LogP contribution in [0, 0.1) is 0 Å². The Labute approximate surface area is 175 Å². The lowest BCUT2D eigenvalue weighted by Gasteiger charge is -2.34. The van der Waals surface area contributed by atoms with Crippen molar-refractivity contribution in [3.8, 4) is 11.5 Å². The van der Waals surface area contributed by atoms with Crippen molar-refractivity contribution in [1.82, 2.24) is 9.80 Å². The molecule has 6 nitrogen and oxygen atoms in total. The van der Waals surface area contributed by atoms with E-state index in [4.69, 9.17) is 14.2 Å². The van der Waals surface area contributed by atoms with Crippen LogP contribution in [-0.4, -0.2) is 68.9 Å². The van der Waals surface area contributed by atoms with Gasteiger partial charge in [0.2, 0.25) is 0 Å². The number of hydrogen-bond donors (Lipinski definition) is 0. The highest BCUT2D eigenvalue weighted by Gasteiger charge is 2.27. The van der Waals surface area contributed by atoms with Crippen LogP contribution in [0.15, 0.2) is 36.9 Å². The van der Waals surface area contributed by atoms with Crippen LogP contribution in [0.3, 0.4) is 0 Å². The number of methoxy groups -OCH3 is 1. The van der Waals surface area contributed by atoms with E-state index in [1.165, 1.54) is 0 Å². The van der Waals surface area contributed by atoms with E-state index < -0.39 is 0 Å². The maximum atomic E-state index is 12.4. The lowest BCUT2D eigenvalue weighted by Crippen LogP contribution is -2.42. The van der Waals surface area contributed by atoms with Gasteiger partial charge in [-0.1, -0.05) is 6.08 Å². The van der Waals surface area contributed by atoms with Crippen molar-refractivity contribution in [3.63, 3.8) is 0 Å². The fourth-order valence-electron chi connectivity index (χ4n) is 3.61. The van der Waals surface area contributed by atoms with E-state index in [2.05, 4.69) is 18.5 Å². The third-order valence-electron chi connectivity index (χ3n) is 5.47. The Hall–Kier alpha value is -2.05. The number of amides is 1. The zero-order valence-corrected chi connectivity index (χ0v) is 18.1. The average molecular weight is 405 g/mol. The lowest BCUT2D eigenvalue weighted by atomic mass is 9.92. The van der Waals surface area contributed by atoms with Crippen LogP contribution in [0.1, 0.15) is 38.5 Å². The van der Waals surface area contributed by atoms with Gasteiger partial charge in [0, 0.05) is 26.2 Å². The van der Waals surface area contributed by atoms with Gasteiger partial charge in [0.15, 0.2) is 0 Å². The van der Waals surface area contributed by atoms with E-state index in [0.717, 1.165) is 64.0 Å². The summed E-state index contributed by atoms with van der Waals surface area (Å²) in [5, 5.41) is 0. The zero-order chi connectivity index (χ0) is 21.1. The maximum Gasteiger partial charge on any atom is 0.415 e. The van der Waals surface area contributed by atoms with Crippen molar-refractivity contribution in [2.75, 3.05) is 40.9 Å². The van der Waals surface area contributed by atoms with Gasteiger partial charge in [-0.2, -0.15) is 0 Å². The summed E-state index contributed by atoms with van der Waals surface area (Å²) >= 11 is 0. The lowest BCUT2D eigenvalue weighted by molar-refractivity contribution is 0.0101. The van der Waals surface area contributed by atoms with Gasteiger partial charge in [-0.15, -0.1) is 6.58 Å². The Morgan fingerprint density at radius 2 is 1.76 bits per heavy atom. The summed E-state index contributed by atoms with van der Waals surface area (Å²) < 4.78 is 16.6. The second-order valence-corrected chi connectivity index (χ2v) is 7.71. The van der Waals surface area contributed by atoms with Gasteiger partial charge in [0.1, 0.15) is 11.5 Å². The molecule has 1 aliphatic rings. The topological polar surface area (TPSA) is 51.2 Å². The normalized spacial score (nSPS) is 19.0. The first-order chi connectivity index (χ1) is 14.0. The van der Waals surface area contributed by atoms with Crippen LogP contribution in [0.2, 0.25) is 0 Å². The Kier molecular flexibility index (Phi) is 10.0. The van der Waals surface area contributed by atoms with Gasteiger partial charge in [0.25, 0.3) is 0 Å². The third kappa shape index (κ3) is 8.07. The molecule has 0 N–H and O–H groups in total. The second kappa shape index (κ2) is 12.5. The van der Waals surface area contributed by atoms with Crippen molar-refractivity contribution in [3.05, 3.63) is 36.9 Å². The molecule has 0 bridgehead atoms. The quantitative estimate of drug-likeness (QED) is 0.405. The molecule has 1 amide bonds. The Bertz CT molecular complexity index is 612. The molecule has 0 heterocycles. The van der Waals surface area contributed by atoms with E-state index in [1.54, 1.807) is 36.3 Å². The number of unbranched alkanes of at least 4 members (excludes halogenated alkanes) is 1. The van der Waals surface area contributed by atoms with Gasteiger partial charge in [0.05, 0.1) is 13.2 Å². The molecule has 1 aromatic carbocycles. The van der Waals surface area contributed by atoms with E-state index in [0.29, 0.717) is 11.9 Å². The predicted octanol–water partition coefficient (Wildman–Crippen LogP) is 4.35. The smallest absolute Gasteiger partial charge is 0.415 e. The molecule has 0 spiro atoms. The molecule has 0 unspecified atom stereocenters. The van der Waals surface area contributed by atoms with Crippen molar-refractivity contribution >= 4 is 6.09 Å². The van der Waals surface area contributed by atoms with Gasteiger partial charge in [-0.25, -0.2) is 4.79 Å². The Morgan fingerprint density at radius 1 is 1.10 bits per heavy atom. The van der Waals surface area contributed by atoms with Crippen LogP contribution in [0.25, 0.3) is 0 Å². The summed E-state index contributed by atoms with van der Waals surface area (Å²) in [6.45, 7) is 6.57. The minimum atomic E-state index is -0.317. The molecule has 162 valence electrons. The van der Waals surface area contributed by atoms with Crippen LogP contribution < -0.4 is 9.47 Å². The summed E-state index contributed by atoms with van der Waals surface area (Å²) in [6, 6.07) is 7.24. The fourth-order valence-corrected chi connectivity index (χ4v) is 3.61. The number of likely N-dealkylation sites (N-methyl/N-ethyl adjacent to an activating group) is 1. The molecule has 0 atom stereocenters. The number of carbonyl (C=O) groups excluding carboxylic acids is 1. The summed E-state index contributed by atoms with van der Waals surface area (Å²) in [4.78, 5) is 16.4. The summed E-state index contributed by atoms with van der Waals surface area (Å²) in [5.74, 6) is 1.26.